The van der Waals surface area contributed by atoms with E-state index in [1.165, 1.54) is 11.3 Å². The maximum absolute atomic E-state index is 6.40. The van der Waals surface area contributed by atoms with E-state index >= 15 is 0 Å². The first kappa shape index (κ1) is 15.9. The van der Waals surface area contributed by atoms with Crippen molar-refractivity contribution in [1.82, 2.24) is 5.32 Å². The van der Waals surface area contributed by atoms with Crippen molar-refractivity contribution in [3.63, 3.8) is 0 Å². The number of rotatable bonds is 6. The summed E-state index contributed by atoms with van der Waals surface area (Å²) in [5.41, 5.74) is 3.56. The minimum Gasteiger partial charge on any atom is -0.378 e. The molecule has 0 aromatic heterocycles. The highest BCUT2D eigenvalue weighted by molar-refractivity contribution is 6.31. The maximum Gasteiger partial charge on any atom is 0.0592 e. The molecule has 2 aromatic rings. The summed E-state index contributed by atoms with van der Waals surface area (Å²) in [6.45, 7) is 3.13. The number of nitrogens with zero attached hydrogens (tertiary/aromatic N) is 1. The van der Waals surface area contributed by atoms with Crippen molar-refractivity contribution in [2.24, 2.45) is 0 Å². The Bertz CT molecular complexity index is 581. The highest BCUT2D eigenvalue weighted by Gasteiger charge is 2.16. The molecule has 0 aliphatic carbocycles. The normalized spacial score (nSPS) is 12.2. The Kier molecular flexibility index (Phi) is 5.66. The van der Waals surface area contributed by atoms with Crippen LogP contribution in [0.2, 0.25) is 5.02 Å². The van der Waals surface area contributed by atoms with Crippen LogP contribution in [0.3, 0.4) is 0 Å². The first-order chi connectivity index (χ1) is 10.1. The highest BCUT2D eigenvalue weighted by atomic mass is 35.5. The van der Waals surface area contributed by atoms with E-state index < -0.39 is 0 Å². The summed E-state index contributed by atoms with van der Waals surface area (Å²) in [7, 11) is 4.12. The van der Waals surface area contributed by atoms with Crippen LogP contribution in [0, 0.1) is 0 Å². The van der Waals surface area contributed by atoms with Crippen LogP contribution in [0.25, 0.3) is 0 Å². The predicted octanol–water partition coefficient (Wildman–Crippen LogP) is 4.50. The van der Waals surface area contributed by atoms with E-state index in [4.69, 9.17) is 11.6 Å². The lowest BCUT2D eigenvalue weighted by atomic mass is 9.98. The third-order valence-electron chi connectivity index (χ3n) is 3.53. The van der Waals surface area contributed by atoms with Crippen LogP contribution in [0.5, 0.6) is 0 Å². The van der Waals surface area contributed by atoms with Gasteiger partial charge in [0.15, 0.2) is 0 Å². The smallest absolute Gasteiger partial charge is 0.0592 e. The Morgan fingerprint density at radius 3 is 2.52 bits per heavy atom. The van der Waals surface area contributed by atoms with Crippen molar-refractivity contribution in [1.29, 1.82) is 0 Å². The van der Waals surface area contributed by atoms with Crippen molar-refractivity contribution in [2.75, 3.05) is 25.5 Å². The van der Waals surface area contributed by atoms with Gasteiger partial charge in [-0.15, -0.1) is 0 Å². The van der Waals surface area contributed by atoms with E-state index in [1.807, 2.05) is 18.2 Å². The van der Waals surface area contributed by atoms with E-state index in [0.717, 1.165) is 23.6 Å². The monoisotopic (exact) mass is 302 g/mol. The third-order valence-corrected chi connectivity index (χ3v) is 3.88. The zero-order valence-corrected chi connectivity index (χ0v) is 13.7. The first-order valence-corrected chi connectivity index (χ1v) is 7.76. The average Bonchev–Trinajstić information content (AvgIpc) is 2.49. The Morgan fingerprint density at radius 2 is 1.86 bits per heavy atom. The summed E-state index contributed by atoms with van der Waals surface area (Å²) in [5, 5.41) is 4.41. The molecule has 112 valence electrons. The fourth-order valence-corrected chi connectivity index (χ4v) is 2.63. The van der Waals surface area contributed by atoms with Gasteiger partial charge in [0.05, 0.1) is 6.04 Å². The van der Waals surface area contributed by atoms with E-state index in [2.05, 4.69) is 61.6 Å². The van der Waals surface area contributed by atoms with Gasteiger partial charge in [0, 0.05) is 24.8 Å². The van der Waals surface area contributed by atoms with Crippen molar-refractivity contribution in [3.05, 3.63) is 64.7 Å². The highest BCUT2D eigenvalue weighted by Crippen LogP contribution is 2.29. The molecule has 0 saturated carbocycles. The van der Waals surface area contributed by atoms with Crippen LogP contribution in [0.1, 0.15) is 30.5 Å². The van der Waals surface area contributed by atoms with Crippen LogP contribution >= 0.6 is 11.6 Å². The fraction of sp³-hybridized carbons (Fsp3) is 0.333. The minimum atomic E-state index is 0.124. The minimum absolute atomic E-state index is 0.124. The second-order valence-electron chi connectivity index (χ2n) is 5.40. The van der Waals surface area contributed by atoms with Crippen LogP contribution in [-0.4, -0.2) is 20.6 Å². The molecule has 0 amide bonds. The molecule has 0 radical (unpaired) electrons. The number of nitrogens with one attached hydrogen (secondary N) is 1. The average molecular weight is 303 g/mol. The van der Waals surface area contributed by atoms with Gasteiger partial charge < -0.3 is 10.2 Å². The van der Waals surface area contributed by atoms with Crippen LogP contribution < -0.4 is 10.2 Å². The number of halogens is 1. The second-order valence-corrected chi connectivity index (χ2v) is 5.81. The van der Waals surface area contributed by atoms with E-state index in [1.54, 1.807) is 0 Å². The summed E-state index contributed by atoms with van der Waals surface area (Å²) in [5.74, 6) is 0. The van der Waals surface area contributed by atoms with Crippen LogP contribution in [-0.2, 0) is 0 Å². The molecule has 1 unspecified atom stereocenters. The molecule has 0 spiro atoms. The van der Waals surface area contributed by atoms with Gasteiger partial charge in [-0.05, 0) is 42.3 Å². The van der Waals surface area contributed by atoms with Crippen molar-refractivity contribution in [2.45, 2.75) is 19.4 Å². The maximum atomic E-state index is 6.40. The lowest BCUT2D eigenvalue weighted by molar-refractivity contribution is 0.599. The topological polar surface area (TPSA) is 15.3 Å². The fourth-order valence-electron chi connectivity index (χ4n) is 2.39. The zero-order valence-electron chi connectivity index (χ0n) is 12.9. The summed E-state index contributed by atoms with van der Waals surface area (Å²) >= 11 is 6.40. The number of anilines is 1. The van der Waals surface area contributed by atoms with Gasteiger partial charge in [0.1, 0.15) is 0 Å². The molecule has 21 heavy (non-hydrogen) atoms. The second kappa shape index (κ2) is 7.48. The quantitative estimate of drug-likeness (QED) is 0.845. The predicted molar refractivity (Wildman–Crippen MR) is 92.4 cm³/mol. The molecule has 0 saturated heterocycles. The van der Waals surface area contributed by atoms with Crippen LogP contribution in [0.4, 0.5) is 5.69 Å². The standard InChI is InChI=1S/C18H23ClN2/c1-4-12-20-18(16-10-5-6-11-17(16)19)14-8-7-9-15(13-14)21(2)3/h5-11,13,18,20H,4,12H2,1-3H3. The Morgan fingerprint density at radius 1 is 1.10 bits per heavy atom. The lowest BCUT2D eigenvalue weighted by Crippen LogP contribution is -2.23. The van der Waals surface area contributed by atoms with Gasteiger partial charge >= 0.3 is 0 Å². The Hall–Kier alpha value is -1.51. The SMILES string of the molecule is CCCNC(c1cccc(N(C)C)c1)c1ccccc1Cl. The van der Waals surface area contributed by atoms with Crippen LogP contribution in [0.15, 0.2) is 48.5 Å². The first-order valence-electron chi connectivity index (χ1n) is 7.38. The summed E-state index contributed by atoms with van der Waals surface area (Å²) in [6.07, 6.45) is 1.09. The molecular formula is C18H23ClN2. The third kappa shape index (κ3) is 3.99. The molecule has 3 heteroatoms. The molecule has 0 heterocycles. The molecule has 2 nitrogen and oxygen atoms in total. The number of hydrogen-bond acceptors (Lipinski definition) is 2. The molecule has 0 fully saturated rings. The van der Waals surface area contributed by atoms with Gasteiger partial charge in [0.2, 0.25) is 0 Å². The Labute approximate surface area is 132 Å². The summed E-state index contributed by atoms with van der Waals surface area (Å²) in [6, 6.07) is 16.8. The molecule has 1 atom stereocenters. The Balaban J connectivity index is 2.40. The largest absolute Gasteiger partial charge is 0.378 e. The molecule has 0 bridgehead atoms. The molecule has 1 N–H and O–H groups in total. The van der Waals surface area contributed by atoms with Gasteiger partial charge in [-0.1, -0.05) is 48.9 Å². The van der Waals surface area contributed by atoms with Gasteiger partial charge in [0.25, 0.3) is 0 Å². The van der Waals surface area contributed by atoms with Gasteiger partial charge in [-0.2, -0.15) is 0 Å². The van der Waals surface area contributed by atoms with Gasteiger partial charge in [-0.25, -0.2) is 0 Å². The number of benzene rings is 2. The molecule has 2 rings (SSSR count). The van der Waals surface area contributed by atoms with E-state index in [-0.39, 0.29) is 6.04 Å². The van der Waals surface area contributed by atoms with Crippen molar-refractivity contribution < 1.29 is 0 Å². The van der Waals surface area contributed by atoms with Crippen molar-refractivity contribution >= 4 is 17.3 Å². The summed E-state index contributed by atoms with van der Waals surface area (Å²) in [4.78, 5) is 2.12. The van der Waals surface area contributed by atoms with Crippen molar-refractivity contribution in [3.8, 4) is 0 Å². The van der Waals surface area contributed by atoms with E-state index in [9.17, 15) is 0 Å². The molecule has 0 aliphatic heterocycles. The number of hydrogen-bond donors (Lipinski definition) is 1. The molecule has 0 aliphatic rings. The molecular weight excluding hydrogens is 280 g/mol. The van der Waals surface area contributed by atoms with E-state index in [0.29, 0.717) is 0 Å². The summed E-state index contributed by atoms with van der Waals surface area (Å²) < 4.78 is 0. The lowest BCUT2D eigenvalue weighted by Gasteiger charge is -2.22. The van der Waals surface area contributed by atoms with Gasteiger partial charge in [-0.3, -0.25) is 0 Å². The molecule has 2 aromatic carbocycles. The zero-order chi connectivity index (χ0) is 15.2.